The molecule has 0 aliphatic rings. The van der Waals surface area contributed by atoms with Gasteiger partial charge in [-0.15, -0.1) is 0 Å². The van der Waals surface area contributed by atoms with Gasteiger partial charge in [0.05, 0.1) is 5.69 Å². The largest absolute Gasteiger partial charge is 0.381 e. The molecule has 5 nitrogen and oxygen atoms in total. The van der Waals surface area contributed by atoms with Gasteiger partial charge in [0.1, 0.15) is 0 Å². The van der Waals surface area contributed by atoms with E-state index in [0.29, 0.717) is 0 Å². The number of pyridine rings is 1. The molecule has 0 aliphatic carbocycles. The van der Waals surface area contributed by atoms with Crippen LogP contribution >= 0.6 is 0 Å². The topological polar surface area (TPSA) is 68.1 Å². The van der Waals surface area contributed by atoms with Crippen molar-refractivity contribution in [3.63, 3.8) is 0 Å². The number of hydrogen-bond donors (Lipinski definition) is 1. The molecule has 0 bridgehead atoms. The van der Waals surface area contributed by atoms with Crippen LogP contribution in [0.4, 0.5) is 11.5 Å². The van der Waals surface area contributed by atoms with Crippen LogP contribution in [0.15, 0.2) is 18.3 Å². The molecule has 1 N–H and O–H groups in total. The first kappa shape index (κ1) is 11.4. The van der Waals surface area contributed by atoms with E-state index in [4.69, 9.17) is 0 Å². The van der Waals surface area contributed by atoms with Gasteiger partial charge in [0, 0.05) is 12.6 Å². The van der Waals surface area contributed by atoms with Crippen LogP contribution in [0.2, 0.25) is 0 Å². The predicted molar refractivity (Wildman–Crippen MR) is 58.8 cm³/mol. The smallest absolute Gasteiger partial charge is 0.363 e. The van der Waals surface area contributed by atoms with Crippen LogP contribution in [0, 0.1) is 15.5 Å². The summed E-state index contributed by atoms with van der Waals surface area (Å²) in [5.74, 6) is -0.128. The van der Waals surface area contributed by atoms with E-state index in [0.717, 1.165) is 12.2 Å². The van der Waals surface area contributed by atoms with Crippen molar-refractivity contribution < 1.29 is 4.92 Å². The molecule has 1 aromatic heterocycles. The average Bonchev–Trinajstić information content (AvgIpc) is 2.14. The van der Waals surface area contributed by atoms with Gasteiger partial charge in [-0.3, -0.25) is 0 Å². The first-order valence-electron chi connectivity index (χ1n) is 4.73. The Morgan fingerprint density at radius 3 is 2.53 bits per heavy atom. The lowest BCUT2D eigenvalue weighted by molar-refractivity contribution is -0.389. The van der Waals surface area contributed by atoms with Gasteiger partial charge in [-0.05, 0) is 21.4 Å². The number of aromatic nitrogens is 1. The number of anilines is 1. The number of hydrogen-bond acceptors (Lipinski definition) is 4. The summed E-state index contributed by atoms with van der Waals surface area (Å²) in [5, 5.41) is 13.5. The molecule has 0 spiro atoms. The fraction of sp³-hybridized carbons (Fsp3) is 0.500. The number of nitrogens with one attached hydrogen (secondary N) is 1. The lowest BCUT2D eigenvalue weighted by Gasteiger charge is -2.18. The van der Waals surface area contributed by atoms with E-state index in [1.54, 1.807) is 6.07 Å². The van der Waals surface area contributed by atoms with Crippen molar-refractivity contribution in [2.75, 3.05) is 11.9 Å². The summed E-state index contributed by atoms with van der Waals surface area (Å²) in [7, 11) is 0. The fourth-order valence-corrected chi connectivity index (χ4v) is 0.966. The second kappa shape index (κ2) is 4.25. The van der Waals surface area contributed by atoms with Crippen molar-refractivity contribution in [3.8, 4) is 0 Å². The molecule has 0 saturated carbocycles. The molecule has 0 atom stereocenters. The van der Waals surface area contributed by atoms with Crippen LogP contribution in [0.25, 0.3) is 0 Å². The van der Waals surface area contributed by atoms with Crippen LogP contribution in [-0.4, -0.2) is 16.5 Å². The van der Waals surface area contributed by atoms with Crippen molar-refractivity contribution in [2.45, 2.75) is 20.8 Å². The first-order valence-corrected chi connectivity index (χ1v) is 4.73. The standard InChI is InChI=1S/C10H15N3O2/c1-10(2,3)7-12-8-4-5-9(11-6-8)13(14)15/h4-6,12H,7H2,1-3H3. The maximum Gasteiger partial charge on any atom is 0.363 e. The number of nitrogens with zero attached hydrogens (tertiary/aromatic N) is 2. The summed E-state index contributed by atoms with van der Waals surface area (Å²) in [6.07, 6.45) is 1.48. The maximum atomic E-state index is 10.4. The van der Waals surface area contributed by atoms with E-state index in [2.05, 4.69) is 31.1 Å². The number of rotatable bonds is 3. The highest BCUT2D eigenvalue weighted by Crippen LogP contribution is 2.16. The van der Waals surface area contributed by atoms with E-state index >= 15 is 0 Å². The Balaban J connectivity index is 2.61. The molecule has 1 heterocycles. The van der Waals surface area contributed by atoms with Crippen molar-refractivity contribution in [3.05, 3.63) is 28.4 Å². The third-order valence-corrected chi connectivity index (χ3v) is 1.76. The molecule has 15 heavy (non-hydrogen) atoms. The molecule has 0 fully saturated rings. The summed E-state index contributed by atoms with van der Waals surface area (Å²) in [4.78, 5) is 13.6. The quantitative estimate of drug-likeness (QED) is 0.613. The third kappa shape index (κ3) is 3.93. The second-order valence-electron chi connectivity index (χ2n) is 4.58. The molecule has 1 rings (SSSR count). The lowest BCUT2D eigenvalue weighted by Crippen LogP contribution is -2.19. The molecule has 1 aromatic rings. The Hall–Kier alpha value is -1.65. The Kier molecular flexibility index (Phi) is 3.24. The highest BCUT2D eigenvalue weighted by atomic mass is 16.6. The fourth-order valence-electron chi connectivity index (χ4n) is 0.966. The van der Waals surface area contributed by atoms with E-state index in [9.17, 15) is 10.1 Å². The summed E-state index contributed by atoms with van der Waals surface area (Å²) in [6, 6.07) is 3.06. The van der Waals surface area contributed by atoms with Gasteiger partial charge in [0.2, 0.25) is 0 Å². The summed E-state index contributed by atoms with van der Waals surface area (Å²) in [6.45, 7) is 7.13. The van der Waals surface area contributed by atoms with E-state index < -0.39 is 4.92 Å². The lowest BCUT2D eigenvalue weighted by atomic mass is 9.97. The van der Waals surface area contributed by atoms with Crippen molar-refractivity contribution in [1.82, 2.24) is 4.98 Å². The van der Waals surface area contributed by atoms with Crippen LogP contribution in [0.5, 0.6) is 0 Å². The van der Waals surface area contributed by atoms with Crippen LogP contribution in [0.3, 0.4) is 0 Å². The van der Waals surface area contributed by atoms with E-state index in [1.165, 1.54) is 12.3 Å². The minimum Gasteiger partial charge on any atom is -0.381 e. The zero-order chi connectivity index (χ0) is 11.5. The summed E-state index contributed by atoms with van der Waals surface area (Å²) >= 11 is 0. The zero-order valence-corrected chi connectivity index (χ0v) is 9.15. The Bertz CT molecular complexity index is 341. The van der Waals surface area contributed by atoms with Gasteiger partial charge in [0.15, 0.2) is 6.20 Å². The zero-order valence-electron chi connectivity index (χ0n) is 9.15. The molecular formula is C10H15N3O2. The van der Waals surface area contributed by atoms with Crippen molar-refractivity contribution in [1.29, 1.82) is 0 Å². The van der Waals surface area contributed by atoms with Crippen molar-refractivity contribution in [2.24, 2.45) is 5.41 Å². The van der Waals surface area contributed by atoms with Gasteiger partial charge in [-0.1, -0.05) is 20.8 Å². The molecule has 5 heteroatoms. The monoisotopic (exact) mass is 209 g/mol. The number of nitro groups is 1. The van der Waals surface area contributed by atoms with Gasteiger partial charge in [-0.25, -0.2) is 0 Å². The van der Waals surface area contributed by atoms with E-state index in [-0.39, 0.29) is 11.2 Å². The third-order valence-electron chi connectivity index (χ3n) is 1.76. The van der Waals surface area contributed by atoms with Gasteiger partial charge in [-0.2, -0.15) is 0 Å². The molecule has 82 valence electrons. The van der Waals surface area contributed by atoms with Crippen LogP contribution in [-0.2, 0) is 0 Å². The first-order chi connectivity index (χ1) is 6.88. The minimum absolute atomic E-state index is 0.128. The predicted octanol–water partition coefficient (Wildman–Crippen LogP) is 2.45. The molecule has 0 radical (unpaired) electrons. The molecule has 0 aliphatic heterocycles. The highest BCUT2D eigenvalue weighted by Gasteiger charge is 2.11. The van der Waals surface area contributed by atoms with Gasteiger partial charge in [0.25, 0.3) is 0 Å². The minimum atomic E-state index is -0.506. The van der Waals surface area contributed by atoms with Gasteiger partial charge >= 0.3 is 5.82 Å². The Labute approximate surface area is 88.7 Å². The summed E-state index contributed by atoms with van der Waals surface area (Å²) in [5.41, 5.74) is 0.970. The van der Waals surface area contributed by atoms with Crippen LogP contribution in [0.1, 0.15) is 20.8 Å². The SMILES string of the molecule is CC(C)(C)CNc1ccc([N+](=O)[O-])nc1. The Morgan fingerprint density at radius 1 is 1.47 bits per heavy atom. The maximum absolute atomic E-state index is 10.4. The summed E-state index contributed by atoms with van der Waals surface area (Å²) < 4.78 is 0. The molecule has 0 aromatic carbocycles. The van der Waals surface area contributed by atoms with Gasteiger partial charge < -0.3 is 15.4 Å². The highest BCUT2D eigenvalue weighted by molar-refractivity contribution is 5.43. The van der Waals surface area contributed by atoms with Crippen LogP contribution < -0.4 is 5.32 Å². The van der Waals surface area contributed by atoms with E-state index in [1.807, 2.05) is 0 Å². The average molecular weight is 209 g/mol. The molecule has 0 saturated heterocycles. The molecule has 0 unspecified atom stereocenters. The Morgan fingerprint density at radius 2 is 2.13 bits per heavy atom. The van der Waals surface area contributed by atoms with Crippen molar-refractivity contribution >= 4 is 11.5 Å². The molecule has 0 amide bonds. The normalized spacial score (nSPS) is 11.1. The second-order valence-corrected chi connectivity index (χ2v) is 4.58. The molecular weight excluding hydrogens is 194 g/mol.